The maximum Gasteiger partial charge on any atom is 0.573 e. The summed E-state index contributed by atoms with van der Waals surface area (Å²) in [6, 6.07) is 7.06. The molecule has 0 bridgehead atoms. The number of hydrogen-bond acceptors (Lipinski definition) is 3. The molecular weight excluding hydrogens is 295 g/mol. The molecule has 0 fully saturated rings. The van der Waals surface area contributed by atoms with E-state index in [1.165, 1.54) is 31.5 Å². The first-order valence-electron chi connectivity index (χ1n) is 5.45. The summed E-state index contributed by atoms with van der Waals surface area (Å²) in [7, 11) is 1.46. The molecule has 0 atom stereocenters. The Kier molecular flexibility index (Phi) is 4.04. The van der Waals surface area contributed by atoms with E-state index in [4.69, 9.17) is 16.3 Å². The number of rotatable bonds is 3. The highest BCUT2D eigenvalue weighted by atomic mass is 35.5. The van der Waals surface area contributed by atoms with Gasteiger partial charge >= 0.3 is 6.36 Å². The SMILES string of the molecule is COc1cnc(Cl)c(-c2cccc(OC(F)(F)F)c2)c1. The van der Waals surface area contributed by atoms with E-state index < -0.39 is 6.36 Å². The molecule has 0 N–H and O–H groups in total. The van der Waals surface area contributed by atoms with Crippen molar-refractivity contribution in [2.45, 2.75) is 6.36 Å². The number of pyridine rings is 1. The summed E-state index contributed by atoms with van der Waals surface area (Å²) in [5, 5.41) is 0.162. The van der Waals surface area contributed by atoms with Crippen molar-refractivity contribution < 1.29 is 22.6 Å². The molecule has 0 radical (unpaired) electrons. The fourth-order valence-corrected chi connectivity index (χ4v) is 1.82. The molecule has 3 nitrogen and oxygen atoms in total. The highest BCUT2D eigenvalue weighted by Crippen LogP contribution is 2.32. The van der Waals surface area contributed by atoms with Crippen molar-refractivity contribution in [3.63, 3.8) is 0 Å². The second kappa shape index (κ2) is 5.58. The lowest BCUT2D eigenvalue weighted by molar-refractivity contribution is -0.274. The van der Waals surface area contributed by atoms with E-state index in [0.717, 1.165) is 0 Å². The average Bonchev–Trinajstić information content (AvgIpc) is 2.37. The fraction of sp³-hybridized carbons (Fsp3) is 0.154. The molecule has 0 amide bonds. The molecule has 20 heavy (non-hydrogen) atoms. The van der Waals surface area contributed by atoms with Crippen LogP contribution in [-0.4, -0.2) is 18.5 Å². The van der Waals surface area contributed by atoms with Crippen LogP contribution in [0.25, 0.3) is 11.1 Å². The molecule has 2 aromatic rings. The van der Waals surface area contributed by atoms with Gasteiger partial charge in [-0.2, -0.15) is 0 Å². The van der Waals surface area contributed by atoms with E-state index in [9.17, 15) is 13.2 Å². The standard InChI is InChI=1S/C13H9ClF3NO2/c1-19-10-6-11(12(14)18-7-10)8-3-2-4-9(5-8)20-13(15,16)17/h2-7H,1H3. The Balaban J connectivity index is 2.40. The molecular formula is C13H9ClF3NO2. The van der Waals surface area contributed by atoms with E-state index in [2.05, 4.69) is 9.72 Å². The van der Waals surface area contributed by atoms with E-state index in [-0.39, 0.29) is 10.9 Å². The molecule has 0 unspecified atom stereocenters. The predicted molar refractivity (Wildman–Crippen MR) is 67.9 cm³/mol. The summed E-state index contributed by atoms with van der Waals surface area (Å²) in [5.74, 6) is 0.125. The molecule has 0 spiro atoms. The number of benzene rings is 1. The minimum atomic E-state index is -4.74. The van der Waals surface area contributed by atoms with Gasteiger partial charge in [0.15, 0.2) is 0 Å². The van der Waals surface area contributed by atoms with Crippen molar-refractivity contribution in [3.8, 4) is 22.6 Å². The topological polar surface area (TPSA) is 31.4 Å². The molecule has 1 aromatic heterocycles. The van der Waals surface area contributed by atoms with Crippen molar-refractivity contribution in [1.82, 2.24) is 4.98 Å². The monoisotopic (exact) mass is 303 g/mol. The second-order valence-corrected chi connectivity index (χ2v) is 4.15. The molecule has 0 aliphatic heterocycles. The molecule has 2 rings (SSSR count). The zero-order chi connectivity index (χ0) is 14.8. The third kappa shape index (κ3) is 3.54. The van der Waals surface area contributed by atoms with Gasteiger partial charge in [-0.05, 0) is 23.8 Å². The van der Waals surface area contributed by atoms with Gasteiger partial charge in [-0.3, -0.25) is 0 Å². The largest absolute Gasteiger partial charge is 0.573 e. The van der Waals surface area contributed by atoms with Gasteiger partial charge in [0.2, 0.25) is 0 Å². The first-order valence-corrected chi connectivity index (χ1v) is 5.82. The molecule has 0 saturated heterocycles. The number of aromatic nitrogens is 1. The number of halogens is 4. The van der Waals surface area contributed by atoms with Crippen LogP contribution in [0.2, 0.25) is 5.15 Å². The van der Waals surface area contributed by atoms with Crippen LogP contribution >= 0.6 is 11.6 Å². The van der Waals surface area contributed by atoms with Crippen LogP contribution in [0, 0.1) is 0 Å². The molecule has 106 valence electrons. The van der Waals surface area contributed by atoms with Gasteiger partial charge < -0.3 is 9.47 Å². The summed E-state index contributed by atoms with van der Waals surface area (Å²) < 4.78 is 45.5. The number of methoxy groups -OCH3 is 1. The van der Waals surface area contributed by atoms with Crippen molar-refractivity contribution in [2.75, 3.05) is 7.11 Å². The Morgan fingerprint density at radius 3 is 2.55 bits per heavy atom. The summed E-state index contributed by atoms with van der Waals surface area (Å²) >= 11 is 5.94. The molecule has 0 aliphatic rings. The van der Waals surface area contributed by atoms with Crippen LogP contribution in [0.4, 0.5) is 13.2 Å². The Labute approximate surface area is 117 Å². The Morgan fingerprint density at radius 2 is 1.90 bits per heavy atom. The van der Waals surface area contributed by atoms with Gasteiger partial charge in [-0.1, -0.05) is 23.7 Å². The maximum absolute atomic E-state index is 12.2. The predicted octanol–water partition coefficient (Wildman–Crippen LogP) is 4.31. The molecule has 1 aromatic carbocycles. The lowest BCUT2D eigenvalue weighted by atomic mass is 10.1. The third-order valence-electron chi connectivity index (χ3n) is 2.43. The summed E-state index contributed by atoms with van der Waals surface area (Å²) in [4.78, 5) is 3.91. The lowest BCUT2D eigenvalue weighted by Crippen LogP contribution is -2.17. The molecule has 0 aliphatic carbocycles. The first kappa shape index (κ1) is 14.5. The number of hydrogen-bond donors (Lipinski definition) is 0. The highest BCUT2D eigenvalue weighted by Gasteiger charge is 2.31. The van der Waals surface area contributed by atoms with Crippen LogP contribution in [-0.2, 0) is 0 Å². The van der Waals surface area contributed by atoms with Crippen molar-refractivity contribution in [1.29, 1.82) is 0 Å². The highest BCUT2D eigenvalue weighted by molar-refractivity contribution is 6.32. The smallest absolute Gasteiger partial charge is 0.495 e. The van der Waals surface area contributed by atoms with Crippen LogP contribution < -0.4 is 9.47 Å². The van der Waals surface area contributed by atoms with Crippen LogP contribution in [0.15, 0.2) is 36.5 Å². The van der Waals surface area contributed by atoms with Gasteiger partial charge in [-0.25, -0.2) is 4.98 Å². The summed E-state index contributed by atoms with van der Waals surface area (Å²) in [5.41, 5.74) is 0.904. The number of alkyl halides is 3. The Hall–Kier alpha value is -1.95. The van der Waals surface area contributed by atoms with Gasteiger partial charge in [-0.15, -0.1) is 13.2 Å². The van der Waals surface area contributed by atoms with Crippen molar-refractivity contribution in [2.24, 2.45) is 0 Å². The minimum absolute atomic E-state index is 0.162. The summed E-state index contributed by atoms with van der Waals surface area (Å²) in [6.07, 6.45) is -3.32. The van der Waals surface area contributed by atoms with Crippen LogP contribution in [0.1, 0.15) is 0 Å². The van der Waals surface area contributed by atoms with Crippen molar-refractivity contribution >= 4 is 11.6 Å². The normalized spacial score (nSPS) is 11.2. The maximum atomic E-state index is 12.2. The van der Waals surface area contributed by atoms with Gasteiger partial charge in [0.25, 0.3) is 0 Å². The zero-order valence-corrected chi connectivity index (χ0v) is 11.0. The van der Waals surface area contributed by atoms with Gasteiger partial charge in [0.1, 0.15) is 16.7 Å². The number of nitrogens with zero attached hydrogens (tertiary/aromatic N) is 1. The van der Waals surface area contributed by atoms with Crippen LogP contribution in [0.5, 0.6) is 11.5 Å². The Bertz CT molecular complexity index is 617. The summed E-state index contributed by atoms with van der Waals surface area (Å²) in [6.45, 7) is 0. The minimum Gasteiger partial charge on any atom is -0.495 e. The van der Waals surface area contributed by atoms with Crippen molar-refractivity contribution in [3.05, 3.63) is 41.7 Å². The molecule has 1 heterocycles. The van der Waals surface area contributed by atoms with E-state index in [1.54, 1.807) is 12.1 Å². The third-order valence-corrected chi connectivity index (χ3v) is 2.73. The van der Waals surface area contributed by atoms with E-state index in [0.29, 0.717) is 16.9 Å². The van der Waals surface area contributed by atoms with E-state index >= 15 is 0 Å². The number of ether oxygens (including phenoxy) is 2. The van der Waals surface area contributed by atoms with Gasteiger partial charge in [0, 0.05) is 5.56 Å². The zero-order valence-electron chi connectivity index (χ0n) is 10.2. The quantitative estimate of drug-likeness (QED) is 0.792. The molecule has 0 saturated carbocycles. The first-order chi connectivity index (χ1) is 9.39. The average molecular weight is 304 g/mol. The second-order valence-electron chi connectivity index (χ2n) is 3.79. The molecule has 7 heteroatoms. The van der Waals surface area contributed by atoms with Gasteiger partial charge in [0.05, 0.1) is 13.3 Å². The fourth-order valence-electron chi connectivity index (χ4n) is 1.60. The van der Waals surface area contributed by atoms with Crippen LogP contribution in [0.3, 0.4) is 0 Å². The lowest BCUT2D eigenvalue weighted by Gasteiger charge is -2.11. The van der Waals surface area contributed by atoms with E-state index in [1.807, 2.05) is 0 Å². The Morgan fingerprint density at radius 1 is 1.15 bits per heavy atom.